The summed E-state index contributed by atoms with van der Waals surface area (Å²) in [6.45, 7) is 0.0776. The summed E-state index contributed by atoms with van der Waals surface area (Å²) in [5.74, 6) is 1.55. The van der Waals surface area contributed by atoms with Crippen LogP contribution >= 0.6 is 15.9 Å². The first kappa shape index (κ1) is 14.0. The Bertz CT molecular complexity index is 563. The Morgan fingerprint density at radius 3 is 2.63 bits per heavy atom. The number of hydrogen-bond donors (Lipinski definition) is 0. The monoisotopic (exact) mass is 322 g/mol. The Balaban J connectivity index is 0.000000637. The minimum absolute atomic E-state index is 0.0776. The summed E-state index contributed by atoms with van der Waals surface area (Å²) in [4.78, 5) is 11.4. The average molecular weight is 323 g/mol. The van der Waals surface area contributed by atoms with E-state index < -0.39 is 6.10 Å². The predicted molar refractivity (Wildman–Crippen MR) is 78.3 cm³/mol. The number of cyclic esters (lactones) is 1. The first-order chi connectivity index (χ1) is 9.34. The van der Waals surface area contributed by atoms with Crippen LogP contribution in [0.3, 0.4) is 0 Å². The lowest BCUT2D eigenvalue weighted by Crippen LogP contribution is -2.19. The lowest BCUT2D eigenvalue weighted by atomic mass is 10.00. The molecule has 0 radical (unpaired) electrons. The van der Waals surface area contributed by atoms with Gasteiger partial charge in [0, 0.05) is 6.42 Å². The molecule has 1 aliphatic rings. The summed E-state index contributed by atoms with van der Waals surface area (Å²) in [6, 6.07) is 14.2. The molecule has 19 heavy (non-hydrogen) atoms. The third kappa shape index (κ3) is 3.14. The zero-order chi connectivity index (χ0) is 13.7. The van der Waals surface area contributed by atoms with Gasteiger partial charge in [-0.25, -0.2) is 4.79 Å². The third-order valence-corrected chi connectivity index (χ3v) is 3.02. The Labute approximate surface area is 120 Å². The van der Waals surface area contributed by atoms with Crippen molar-refractivity contribution >= 4 is 32.7 Å². The van der Waals surface area contributed by atoms with Gasteiger partial charge in [-0.15, -0.1) is 0 Å². The molecule has 2 aromatic rings. The van der Waals surface area contributed by atoms with Crippen LogP contribution in [0.15, 0.2) is 42.5 Å². The Kier molecular flexibility index (Phi) is 4.93. The fraction of sp³-hybridized carbons (Fsp3) is 0.267. The number of fused-ring (bicyclic) bond motifs is 1. The molecule has 0 spiro atoms. The lowest BCUT2D eigenvalue weighted by molar-refractivity contribution is -0.139. The van der Waals surface area contributed by atoms with Gasteiger partial charge >= 0.3 is 5.97 Å². The van der Waals surface area contributed by atoms with Crippen LogP contribution in [-0.2, 0) is 20.7 Å². The van der Waals surface area contributed by atoms with E-state index in [1.54, 1.807) is 0 Å². The molecule has 1 aliphatic heterocycles. The number of carbonyl (C=O) groups is 1. The van der Waals surface area contributed by atoms with Crippen LogP contribution in [0.2, 0.25) is 0 Å². The molecule has 2 aromatic carbocycles. The van der Waals surface area contributed by atoms with E-state index in [4.69, 9.17) is 9.47 Å². The van der Waals surface area contributed by atoms with Crippen molar-refractivity contribution in [2.75, 3.05) is 12.6 Å². The Morgan fingerprint density at radius 2 is 1.89 bits per heavy atom. The first-order valence-electron chi connectivity index (χ1n) is 5.97. The predicted octanol–water partition coefficient (Wildman–Crippen LogP) is 3.29. The highest BCUT2D eigenvalue weighted by atomic mass is 79.9. The highest BCUT2D eigenvalue weighted by molar-refractivity contribution is 9.08. The molecule has 1 atom stereocenters. The van der Waals surface area contributed by atoms with Crippen molar-refractivity contribution in [1.82, 2.24) is 0 Å². The fourth-order valence-electron chi connectivity index (χ4n) is 2.15. The van der Waals surface area contributed by atoms with Crippen LogP contribution in [-0.4, -0.2) is 24.7 Å². The van der Waals surface area contributed by atoms with Gasteiger partial charge in [0.2, 0.25) is 0 Å². The van der Waals surface area contributed by atoms with Gasteiger partial charge in [0.15, 0.2) is 12.9 Å². The van der Waals surface area contributed by atoms with Gasteiger partial charge in [0.1, 0.15) is 0 Å². The smallest absolute Gasteiger partial charge is 0.337 e. The van der Waals surface area contributed by atoms with Gasteiger partial charge in [-0.2, -0.15) is 0 Å². The highest BCUT2D eigenvalue weighted by Crippen LogP contribution is 2.21. The number of alkyl halides is 1. The maximum Gasteiger partial charge on any atom is 0.337 e. The van der Waals surface area contributed by atoms with Gasteiger partial charge in [0.25, 0.3) is 0 Å². The third-order valence-electron chi connectivity index (χ3n) is 3.02. The molecule has 0 N–H and O–H groups in total. The van der Waals surface area contributed by atoms with Crippen molar-refractivity contribution in [3.63, 3.8) is 0 Å². The second-order valence-corrected chi connectivity index (χ2v) is 4.08. The molecule has 0 saturated carbocycles. The van der Waals surface area contributed by atoms with Gasteiger partial charge < -0.3 is 9.47 Å². The first-order valence-corrected chi connectivity index (χ1v) is 7.56. The van der Waals surface area contributed by atoms with E-state index in [-0.39, 0.29) is 12.8 Å². The number of ether oxygens (including phenoxy) is 2. The SMILES string of the molecule is CBr.O=C1OCOC1Cc1cccc2ccccc12. The molecule has 3 rings (SSSR count). The normalized spacial score (nSPS) is 17.8. The molecule has 3 nitrogen and oxygen atoms in total. The molecule has 100 valence electrons. The van der Waals surface area contributed by atoms with Crippen LogP contribution in [0, 0.1) is 0 Å². The maximum absolute atomic E-state index is 11.4. The number of hydrogen-bond acceptors (Lipinski definition) is 3. The van der Waals surface area contributed by atoms with E-state index in [9.17, 15) is 4.79 Å². The summed E-state index contributed by atoms with van der Waals surface area (Å²) < 4.78 is 10.0. The van der Waals surface area contributed by atoms with Crippen LogP contribution in [0.4, 0.5) is 0 Å². The summed E-state index contributed by atoms with van der Waals surface area (Å²) in [5, 5.41) is 2.34. The molecular formula is C15H15BrO3. The van der Waals surface area contributed by atoms with Crippen molar-refractivity contribution in [2.24, 2.45) is 0 Å². The van der Waals surface area contributed by atoms with Crippen molar-refractivity contribution in [1.29, 1.82) is 0 Å². The van der Waals surface area contributed by atoms with Crippen LogP contribution in [0.1, 0.15) is 5.56 Å². The van der Waals surface area contributed by atoms with Crippen molar-refractivity contribution in [2.45, 2.75) is 12.5 Å². The van der Waals surface area contributed by atoms with Gasteiger partial charge in [-0.1, -0.05) is 58.4 Å². The highest BCUT2D eigenvalue weighted by Gasteiger charge is 2.27. The number of rotatable bonds is 2. The summed E-state index contributed by atoms with van der Waals surface area (Å²) in [7, 11) is 0. The van der Waals surface area contributed by atoms with E-state index in [2.05, 4.69) is 34.1 Å². The topological polar surface area (TPSA) is 35.5 Å². The van der Waals surface area contributed by atoms with E-state index in [0.29, 0.717) is 6.42 Å². The summed E-state index contributed by atoms with van der Waals surface area (Å²) in [6.07, 6.45) is 0.112. The summed E-state index contributed by atoms with van der Waals surface area (Å²) >= 11 is 2.94. The second-order valence-electron chi connectivity index (χ2n) is 4.08. The maximum atomic E-state index is 11.4. The number of esters is 1. The Hall–Kier alpha value is -1.39. The number of benzene rings is 2. The molecule has 1 unspecified atom stereocenters. The van der Waals surface area contributed by atoms with E-state index >= 15 is 0 Å². The largest absolute Gasteiger partial charge is 0.437 e. The van der Waals surface area contributed by atoms with Crippen LogP contribution < -0.4 is 0 Å². The van der Waals surface area contributed by atoms with Crippen LogP contribution in [0.25, 0.3) is 10.8 Å². The molecule has 0 aliphatic carbocycles. The second kappa shape index (κ2) is 6.68. The number of carbonyl (C=O) groups excluding carboxylic acids is 1. The van der Waals surface area contributed by atoms with Crippen molar-refractivity contribution < 1.29 is 14.3 Å². The molecule has 1 saturated heterocycles. The van der Waals surface area contributed by atoms with E-state index in [1.807, 2.05) is 30.1 Å². The summed E-state index contributed by atoms with van der Waals surface area (Å²) in [5.41, 5.74) is 1.12. The Morgan fingerprint density at radius 1 is 1.16 bits per heavy atom. The van der Waals surface area contributed by atoms with Crippen molar-refractivity contribution in [3.05, 3.63) is 48.0 Å². The molecular weight excluding hydrogens is 308 g/mol. The minimum atomic E-state index is -0.458. The average Bonchev–Trinajstić information content (AvgIpc) is 2.87. The fourth-order valence-corrected chi connectivity index (χ4v) is 2.15. The standard InChI is InChI=1S/C14H12O3.CH3Br/c15-14-13(16-9-17-14)8-11-6-3-5-10-4-1-2-7-12(10)11;1-2/h1-7,13H,8-9H2;1H3. The lowest BCUT2D eigenvalue weighted by Gasteiger charge is -2.08. The van der Waals surface area contributed by atoms with Crippen LogP contribution in [0.5, 0.6) is 0 Å². The van der Waals surface area contributed by atoms with Crippen molar-refractivity contribution in [3.8, 4) is 0 Å². The molecule has 1 fully saturated rings. The van der Waals surface area contributed by atoms with E-state index in [0.717, 1.165) is 5.56 Å². The minimum Gasteiger partial charge on any atom is -0.437 e. The zero-order valence-corrected chi connectivity index (χ0v) is 12.2. The molecule has 0 aromatic heterocycles. The molecule has 1 heterocycles. The van der Waals surface area contributed by atoms with Gasteiger partial charge in [-0.3, -0.25) is 0 Å². The number of halogens is 1. The van der Waals surface area contributed by atoms with E-state index in [1.165, 1.54) is 10.8 Å². The molecule has 4 heteroatoms. The van der Waals surface area contributed by atoms with Gasteiger partial charge in [-0.05, 0) is 22.2 Å². The van der Waals surface area contributed by atoms with Gasteiger partial charge in [0.05, 0.1) is 0 Å². The quantitative estimate of drug-likeness (QED) is 0.628. The zero-order valence-electron chi connectivity index (χ0n) is 10.6. The molecule has 0 bridgehead atoms. The molecule has 0 amide bonds.